The number of morpholine rings is 1. The summed E-state index contributed by atoms with van der Waals surface area (Å²) < 4.78 is 28.6. The van der Waals surface area contributed by atoms with E-state index in [9.17, 15) is 8.78 Å². The normalized spacial score (nSPS) is 23.8. The molecule has 0 amide bonds. The molecule has 0 aromatic heterocycles. The molecule has 12 heavy (non-hydrogen) atoms. The van der Waals surface area contributed by atoms with Gasteiger partial charge in [0.25, 0.3) is 5.76 Å². The van der Waals surface area contributed by atoms with Crippen LogP contribution in [0.4, 0.5) is 8.78 Å². The first-order valence-electron chi connectivity index (χ1n) is 3.51. The summed E-state index contributed by atoms with van der Waals surface area (Å²) in [5.41, 5.74) is 0. The molecule has 1 unspecified atom stereocenters. The van der Waals surface area contributed by atoms with Gasteiger partial charge in [0.15, 0.2) is 0 Å². The molecule has 0 radical (unpaired) electrons. The van der Waals surface area contributed by atoms with Crippen molar-refractivity contribution in [2.75, 3.05) is 25.4 Å². The molecule has 1 saturated heterocycles. The summed E-state index contributed by atoms with van der Waals surface area (Å²) in [4.78, 5) is 0. The predicted molar refractivity (Wildman–Crippen MR) is 48.3 cm³/mol. The molecule has 1 N–H and O–H groups in total. The zero-order valence-electron chi connectivity index (χ0n) is 6.46. The van der Waals surface area contributed by atoms with Crippen molar-refractivity contribution >= 4 is 24.2 Å². The van der Waals surface area contributed by atoms with Crippen LogP contribution in [-0.2, 0) is 4.74 Å². The van der Waals surface area contributed by atoms with Crippen LogP contribution in [0.5, 0.6) is 0 Å². The molecule has 0 saturated carbocycles. The van der Waals surface area contributed by atoms with E-state index in [1.54, 1.807) is 0 Å². The Kier molecular flexibility index (Phi) is 7.13. The Labute approximate surface area is 80.8 Å². The van der Waals surface area contributed by atoms with Crippen molar-refractivity contribution in [2.45, 2.75) is 11.9 Å². The average molecular weight is 220 g/mol. The highest BCUT2D eigenvalue weighted by Gasteiger charge is 2.15. The molecule has 1 rings (SSSR count). The fourth-order valence-electron chi connectivity index (χ4n) is 0.907. The van der Waals surface area contributed by atoms with Gasteiger partial charge in [0.1, 0.15) is 0 Å². The minimum absolute atomic E-state index is 0. The molecule has 0 aliphatic carbocycles. The van der Waals surface area contributed by atoms with E-state index in [1.807, 2.05) is 0 Å². The fraction of sp³-hybridized carbons (Fsp3) is 1.00. The quantitative estimate of drug-likeness (QED) is 0.775. The van der Waals surface area contributed by atoms with Gasteiger partial charge in [-0.3, -0.25) is 0 Å². The second-order valence-corrected chi connectivity index (χ2v) is 3.31. The Balaban J connectivity index is 0.00000121. The van der Waals surface area contributed by atoms with Crippen LogP contribution in [0, 0.1) is 0 Å². The summed E-state index contributed by atoms with van der Waals surface area (Å²) in [6, 6.07) is 0. The highest BCUT2D eigenvalue weighted by molar-refractivity contribution is 7.99. The molecule has 1 fully saturated rings. The lowest BCUT2D eigenvalue weighted by Gasteiger charge is -2.22. The Hall–Kier alpha value is 0.420. The van der Waals surface area contributed by atoms with Gasteiger partial charge in [0.2, 0.25) is 0 Å². The van der Waals surface area contributed by atoms with Gasteiger partial charge in [0, 0.05) is 18.8 Å². The number of ether oxygens (including phenoxy) is 1. The topological polar surface area (TPSA) is 21.3 Å². The van der Waals surface area contributed by atoms with E-state index in [4.69, 9.17) is 4.74 Å². The monoisotopic (exact) mass is 219 g/mol. The summed E-state index contributed by atoms with van der Waals surface area (Å²) in [5.74, 6) is -1.90. The van der Waals surface area contributed by atoms with Gasteiger partial charge in [-0.25, -0.2) is 0 Å². The standard InChI is InChI=1S/C6H11F2NOS.ClH/c7-6(8)11-4-5-3-9-1-2-10-5;/h5-6,9H,1-4H2;1H. The Morgan fingerprint density at radius 1 is 1.58 bits per heavy atom. The molecule has 0 aromatic carbocycles. The average Bonchev–Trinajstić information content (AvgIpc) is 2.03. The third-order valence-electron chi connectivity index (χ3n) is 1.41. The third-order valence-corrected chi connectivity index (χ3v) is 2.23. The van der Waals surface area contributed by atoms with Gasteiger partial charge in [-0.2, -0.15) is 8.78 Å². The van der Waals surface area contributed by atoms with Crippen molar-refractivity contribution in [3.63, 3.8) is 0 Å². The molecule has 1 heterocycles. The van der Waals surface area contributed by atoms with E-state index < -0.39 is 5.76 Å². The lowest BCUT2D eigenvalue weighted by Crippen LogP contribution is -2.39. The summed E-state index contributed by atoms with van der Waals surface area (Å²) in [7, 11) is 0. The summed E-state index contributed by atoms with van der Waals surface area (Å²) >= 11 is 0.639. The number of alkyl halides is 2. The van der Waals surface area contributed by atoms with Crippen molar-refractivity contribution in [3.05, 3.63) is 0 Å². The first kappa shape index (κ1) is 12.4. The molecular weight excluding hydrogens is 208 g/mol. The van der Waals surface area contributed by atoms with Crippen molar-refractivity contribution in [1.82, 2.24) is 5.32 Å². The largest absolute Gasteiger partial charge is 0.375 e. The maximum Gasteiger partial charge on any atom is 0.284 e. The number of thioether (sulfide) groups is 1. The van der Waals surface area contributed by atoms with Crippen molar-refractivity contribution < 1.29 is 13.5 Å². The minimum Gasteiger partial charge on any atom is -0.375 e. The Bertz CT molecular complexity index is 114. The molecule has 1 aliphatic heterocycles. The lowest BCUT2D eigenvalue weighted by atomic mass is 10.3. The Morgan fingerprint density at radius 2 is 2.33 bits per heavy atom. The summed E-state index contributed by atoms with van der Waals surface area (Å²) in [5, 5.41) is 3.08. The number of rotatable bonds is 3. The van der Waals surface area contributed by atoms with E-state index in [0.717, 1.165) is 6.54 Å². The third kappa shape index (κ3) is 5.13. The molecule has 0 spiro atoms. The number of hydrogen-bond acceptors (Lipinski definition) is 3. The van der Waals surface area contributed by atoms with Gasteiger partial charge in [-0.1, -0.05) is 11.8 Å². The fourth-order valence-corrected chi connectivity index (χ4v) is 1.48. The van der Waals surface area contributed by atoms with Gasteiger partial charge in [-0.15, -0.1) is 12.4 Å². The van der Waals surface area contributed by atoms with Crippen LogP contribution in [0.3, 0.4) is 0 Å². The molecular formula is C6H12ClF2NOS. The van der Waals surface area contributed by atoms with Crippen molar-refractivity contribution in [1.29, 1.82) is 0 Å². The molecule has 1 atom stereocenters. The zero-order valence-corrected chi connectivity index (χ0v) is 8.10. The molecule has 0 aromatic rings. The molecule has 6 heteroatoms. The van der Waals surface area contributed by atoms with Gasteiger partial charge < -0.3 is 10.1 Å². The first-order chi connectivity index (χ1) is 5.29. The molecule has 2 nitrogen and oxygen atoms in total. The summed E-state index contributed by atoms with van der Waals surface area (Å²) in [6.07, 6.45) is -0.0391. The van der Waals surface area contributed by atoms with E-state index in [0.29, 0.717) is 30.7 Å². The van der Waals surface area contributed by atoms with E-state index in [-0.39, 0.29) is 18.5 Å². The van der Waals surface area contributed by atoms with Crippen LogP contribution in [0.25, 0.3) is 0 Å². The molecule has 1 aliphatic rings. The second kappa shape index (κ2) is 6.88. The number of hydrogen-bond donors (Lipinski definition) is 1. The van der Waals surface area contributed by atoms with E-state index in [2.05, 4.69) is 5.32 Å². The van der Waals surface area contributed by atoms with Crippen LogP contribution in [0.15, 0.2) is 0 Å². The maximum atomic E-state index is 11.7. The Morgan fingerprint density at radius 3 is 2.83 bits per heavy atom. The van der Waals surface area contributed by atoms with E-state index >= 15 is 0 Å². The van der Waals surface area contributed by atoms with E-state index in [1.165, 1.54) is 0 Å². The van der Waals surface area contributed by atoms with Gasteiger partial charge >= 0.3 is 0 Å². The predicted octanol–water partition coefficient (Wildman–Crippen LogP) is 1.35. The number of nitrogens with one attached hydrogen (secondary N) is 1. The lowest BCUT2D eigenvalue weighted by molar-refractivity contribution is 0.0436. The molecule has 74 valence electrons. The summed E-state index contributed by atoms with van der Waals surface area (Å²) in [6.45, 7) is 2.16. The maximum absolute atomic E-state index is 11.7. The van der Waals surface area contributed by atoms with Crippen molar-refractivity contribution in [2.24, 2.45) is 0 Å². The SMILES string of the molecule is Cl.FC(F)SCC1CNCCO1. The zero-order chi connectivity index (χ0) is 8.10. The van der Waals surface area contributed by atoms with Crippen LogP contribution >= 0.6 is 24.2 Å². The first-order valence-corrected chi connectivity index (χ1v) is 4.56. The van der Waals surface area contributed by atoms with Crippen molar-refractivity contribution in [3.8, 4) is 0 Å². The smallest absolute Gasteiger partial charge is 0.284 e. The highest BCUT2D eigenvalue weighted by atomic mass is 35.5. The minimum atomic E-state index is -2.28. The second-order valence-electron chi connectivity index (χ2n) is 2.29. The van der Waals surface area contributed by atoms with Crippen LogP contribution in [0.1, 0.15) is 0 Å². The molecule has 0 bridgehead atoms. The van der Waals surface area contributed by atoms with Crippen LogP contribution in [-0.4, -0.2) is 37.3 Å². The van der Waals surface area contributed by atoms with Crippen LogP contribution in [0.2, 0.25) is 0 Å². The van der Waals surface area contributed by atoms with Crippen LogP contribution < -0.4 is 5.32 Å². The highest BCUT2D eigenvalue weighted by Crippen LogP contribution is 2.15. The van der Waals surface area contributed by atoms with Gasteiger partial charge in [-0.05, 0) is 0 Å². The van der Waals surface area contributed by atoms with Gasteiger partial charge in [0.05, 0.1) is 12.7 Å². The number of halogens is 3.